The van der Waals surface area contributed by atoms with E-state index in [1.54, 1.807) is 11.8 Å². The molecule has 2 rings (SSSR count). The summed E-state index contributed by atoms with van der Waals surface area (Å²) < 4.78 is 7.15. The second kappa shape index (κ2) is 7.65. The second-order valence-electron chi connectivity index (χ2n) is 5.25. The fourth-order valence-corrected chi connectivity index (χ4v) is 3.24. The molecule has 1 saturated heterocycles. The first-order chi connectivity index (χ1) is 10.1. The number of nitrogens with two attached hydrogens (primary N) is 1. The monoisotopic (exact) mass is 313 g/mol. The molecule has 21 heavy (non-hydrogen) atoms. The van der Waals surface area contributed by atoms with Crippen molar-refractivity contribution >= 4 is 23.6 Å². The molecule has 0 aliphatic carbocycles. The topological polar surface area (TPSA) is 86.3 Å². The van der Waals surface area contributed by atoms with Gasteiger partial charge < -0.3 is 15.4 Å². The van der Waals surface area contributed by atoms with E-state index in [1.807, 2.05) is 23.3 Å². The van der Waals surface area contributed by atoms with E-state index in [-0.39, 0.29) is 11.9 Å². The first-order valence-electron chi connectivity index (χ1n) is 7.28. The molecular weight excluding hydrogens is 290 g/mol. The van der Waals surface area contributed by atoms with Crippen molar-refractivity contribution in [2.45, 2.75) is 37.9 Å². The van der Waals surface area contributed by atoms with Crippen molar-refractivity contribution in [1.82, 2.24) is 19.7 Å². The Hall–Kier alpha value is -1.28. The first kappa shape index (κ1) is 16.1. The van der Waals surface area contributed by atoms with Gasteiger partial charge in [0, 0.05) is 31.3 Å². The molecule has 0 unspecified atom stereocenters. The molecule has 0 atom stereocenters. The summed E-state index contributed by atoms with van der Waals surface area (Å²) >= 11 is 1.60. The van der Waals surface area contributed by atoms with Crippen molar-refractivity contribution in [3.8, 4) is 0 Å². The number of nitrogen functional groups attached to an aromatic ring is 1. The Morgan fingerprint density at radius 1 is 1.38 bits per heavy atom. The molecule has 1 fully saturated rings. The van der Waals surface area contributed by atoms with Gasteiger partial charge in [0.25, 0.3) is 0 Å². The zero-order valence-electron chi connectivity index (χ0n) is 12.6. The van der Waals surface area contributed by atoms with Crippen LogP contribution in [0.2, 0.25) is 0 Å². The molecule has 0 aromatic carbocycles. The Balaban J connectivity index is 1.73. The van der Waals surface area contributed by atoms with E-state index in [4.69, 9.17) is 10.5 Å². The summed E-state index contributed by atoms with van der Waals surface area (Å²) in [6.45, 7) is 6.82. The van der Waals surface area contributed by atoms with E-state index >= 15 is 0 Å². The van der Waals surface area contributed by atoms with Crippen molar-refractivity contribution in [3.63, 3.8) is 0 Å². The fraction of sp³-hybridized carbons (Fsp3) is 0.769. The molecule has 0 radical (unpaired) electrons. The molecule has 1 aliphatic heterocycles. The van der Waals surface area contributed by atoms with Crippen LogP contribution in [0, 0.1) is 0 Å². The van der Waals surface area contributed by atoms with Gasteiger partial charge in [0.1, 0.15) is 0 Å². The number of carbonyl (C=O) groups excluding carboxylic acids is 1. The van der Waals surface area contributed by atoms with Crippen LogP contribution in [0.1, 0.15) is 32.7 Å². The molecule has 8 heteroatoms. The van der Waals surface area contributed by atoms with Crippen LogP contribution in [0.15, 0.2) is 5.16 Å². The Kier molecular flexibility index (Phi) is 5.86. The molecule has 0 bridgehead atoms. The van der Waals surface area contributed by atoms with E-state index in [0.717, 1.165) is 17.3 Å². The lowest BCUT2D eigenvalue weighted by Crippen LogP contribution is -2.40. The van der Waals surface area contributed by atoms with Crippen LogP contribution in [-0.4, -0.2) is 57.6 Å². The number of aromatic nitrogens is 3. The highest BCUT2D eigenvalue weighted by Gasteiger charge is 2.17. The summed E-state index contributed by atoms with van der Waals surface area (Å²) in [5.74, 6) is 1.49. The van der Waals surface area contributed by atoms with Gasteiger partial charge in [0.2, 0.25) is 11.9 Å². The number of carbonyl (C=O) groups is 1. The standard InChI is InChI=1S/C13H23N5O2S/c1-10(2)18-12(14)15-16-13(18)21-9-3-4-11(19)17-5-7-20-8-6-17/h10H,3-9H2,1-2H3,(H2,14,15). The number of amides is 1. The number of hydrogen-bond donors (Lipinski definition) is 1. The quantitative estimate of drug-likeness (QED) is 0.627. The first-order valence-corrected chi connectivity index (χ1v) is 8.27. The number of morpholine rings is 1. The van der Waals surface area contributed by atoms with Crippen LogP contribution >= 0.6 is 11.8 Å². The number of rotatable bonds is 6. The Labute approximate surface area is 129 Å². The van der Waals surface area contributed by atoms with Gasteiger partial charge in [-0.15, -0.1) is 10.2 Å². The van der Waals surface area contributed by atoms with E-state index < -0.39 is 0 Å². The van der Waals surface area contributed by atoms with Gasteiger partial charge in [-0.2, -0.15) is 0 Å². The zero-order chi connectivity index (χ0) is 15.2. The van der Waals surface area contributed by atoms with Gasteiger partial charge in [-0.3, -0.25) is 9.36 Å². The molecule has 0 spiro atoms. The molecule has 2 N–H and O–H groups in total. The maximum absolute atomic E-state index is 12.0. The average molecular weight is 313 g/mol. The van der Waals surface area contributed by atoms with Gasteiger partial charge >= 0.3 is 0 Å². The highest BCUT2D eigenvalue weighted by molar-refractivity contribution is 7.99. The Morgan fingerprint density at radius 3 is 2.76 bits per heavy atom. The van der Waals surface area contributed by atoms with Crippen molar-refractivity contribution in [3.05, 3.63) is 0 Å². The molecule has 1 amide bonds. The van der Waals surface area contributed by atoms with Crippen molar-refractivity contribution in [1.29, 1.82) is 0 Å². The van der Waals surface area contributed by atoms with Gasteiger partial charge in [-0.05, 0) is 20.3 Å². The minimum atomic E-state index is 0.212. The summed E-state index contributed by atoms with van der Waals surface area (Å²) in [5.41, 5.74) is 5.80. The summed E-state index contributed by atoms with van der Waals surface area (Å²) in [4.78, 5) is 13.9. The fourth-order valence-electron chi connectivity index (χ4n) is 2.23. The van der Waals surface area contributed by atoms with E-state index in [2.05, 4.69) is 10.2 Å². The molecule has 1 aromatic rings. The van der Waals surface area contributed by atoms with Crippen LogP contribution in [0.3, 0.4) is 0 Å². The van der Waals surface area contributed by atoms with Crippen LogP contribution in [0.25, 0.3) is 0 Å². The predicted octanol–water partition coefficient (Wildman–Crippen LogP) is 1.17. The predicted molar refractivity (Wildman–Crippen MR) is 82.2 cm³/mol. The minimum Gasteiger partial charge on any atom is -0.378 e. The van der Waals surface area contributed by atoms with Crippen LogP contribution in [0.5, 0.6) is 0 Å². The van der Waals surface area contributed by atoms with Crippen LogP contribution < -0.4 is 5.73 Å². The number of thioether (sulfide) groups is 1. The number of hydrogen-bond acceptors (Lipinski definition) is 6. The third-order valence-electron chi connectivity index (χ3n) is 3.34. The lowest BCUT2D eigenvalue weighted by Gasteiger charge is -2.26. The second-order valence-corrected chi connectivity index (χ2v) is 6.31. The van der Waals surface area contributed by atoms with Gasteiger partial charge in [0.15, 0.2) is 5.16 Å². The van der Waals surface area contributed by atoms with Gasteiger partial charge in [-0.25, -0.2) is 0 Å². The summed E-state index contributed by atoms with van der Waals surface area (Å²) in [7, 11) is 0. The van der Waals surface area contributed by atoms with Crippen molar-refractivity contribution in [2.75, 3.05) is 37.8 Å². The van der Waals surface area contributed by atoms with Crippen LogP contribution in [0.4, 0.5) is 5.95 Å². The molecule has 7 nitrogen and oxygen atoms in total. The minimum absolute atomic E-state index is 0.212. The number of ether oxygens (including phenoxy) is 1. The lowest BCUT2D eigenvalue weighted by molar-refractivity contribution is -0.135. The number of anilines is 1. The summed E-state index contributed by atoms with van der Waals surface area (Å²) in [6, 6.07) is 0.234. The Morgan fingerprint density at radius 2 is 2.10 bits per heavy atom. The third-order valence-corrected chi connectivity index (χ3v) is 4.37. The molecular formula is C13H23N5O2S. The highest BCUT2D eigenvalue weighted by atomic mass is 32.2. The molecule has 0 saturated carbocycles. The van der Waals surface area contributed by atoms with Crippen LogP contribution in [-0.2, 0) is 9.53 Å². The molecule has 1 aliphatic rings. The number of nitrogens with zero attached hydrogens (tertiary/aromatic N) is 4. The smallest absolute Gasteiger partial charge is 0.222 e. The normalized spacial score (nSPS) is 15.7. The average Bonchev–Trinajstić information content (AvgIpc) is 2.85. The summed E-state index contributed by atoms with van der Waals surface area (Å²) in [6.07, 6.45) is 1.39. The van der Waals surface area contributed by atoms with E-state index in [1.165, 1.54) is 0 Å². The van der Waals surface area contributed by atoms with Gasteiger partial charge in [0.05, 0.1) is 13.2 Å². The van der Waals surface area contributed by atoms with Crippen molar-refractivity contribution < 1.29 is 9.53 Å². The largest absolute Gasteiger partial charge is 0.378 e. The highest BCUT2D eigenvalue weighted by Crippen LogP contribution is 2.23. The van der Waals surface area contributed by atoms with Crippen molar-refractivity contribution in [2.24, 2.45) is 0 Å². The molecule has 1 aromatic heterocycles. The third kappa shape index (κ3) is 4.34. The van der Waals surface area contributed by atoms with E-state index in [9.17, 15) is 4.79 Å². The maximum atomic E-state index is 12.0. The zero-order valence-corrected chi connectivity index (χ0v) is 13.4. The van der Waals surface area contributed by atoms with Gasteiger partial charge in [-0.1, -0.05) is 11.8 Å². The molecule has 118 valence electrons. The molecule has 2 heterocycles. The Bertz CT molecular complexity index is 471. The summed E-state index contributed by atoms with van der Waals surface area (Å²) in [5, 5.41) is 8.81. The SMILES string of the molecule is CC(C)n1c(N)nnc1SCCCC(=O)N1CCOCC1. The van der Waals surface area contributed by atoms with E-state index in [0.29, 0.717) is 38.7 Å². The maximum Gasteiger partial charge on any atom is 0.222 e. The lowest BCUT2D eigenvalue weighted by atomic mass is 10.3.